The van der Waals surface area contributed by atoms with E-state index in [1.54, 1.807) is 0 Å². The number of hydrogen-bond donors (Lipinski definition) is 0. The third-order valence-electron chi connectivity index (χ3n) is 0. The van der Waals surface area contributed by atoms with Crippen LogP contribution in [0.5, 0.6) is 0 Å². The fourth-order valence-electron chi connectivity index (χ4n) is 0. The summed E-state index contributed by atoms with van der Waals surface area (Å²) in [5.41, 5.74) is 0. The van der Waals surface area contributed by atoms with Gasteiger partial charge in [-0.05, 0) is 0 Å². The molecule has 0 aromatic carbocycles. The molecule has 0 aliphatic heterocycles. The summed E-state index contributed by atoms with van der Waals surface area (Å²) >= 11 is 0. The van der Waals surface area contributed by atoms with E-state index in [1.807, 2.05) is 0 Å². The molecule has 0 bridgehead atoms. The maximum atomic E-state index is 8.00. The van der Waals surface area contributed by atoms with Gasteiger partial charge < -0.3 is 13.0 Å². The molecule has 0 aromatic heterocycles. The molecule has 5 heteroatoms. The van der Waals surface area contributed by atoms with E-state index in [0.29, 0.717) is 0 Å². The summed E-state index contributed by atoms with van der Waals surface area (Å²) in [6, 6.07) is 0. The first-order valence-electron chi connectivity index (χ1n) is 0.365. The van der Waals surface area contributed by atoms with Crippen molar-refractivity contribution in [2.45, 2.75) is 0 Å². The SMILES string of the molecule is O=N[O-].[Ca+2].[H-].[H-].[Na+]. The van der Waals surface area contributed by atoms with Crippen molar-refractivity contribution in [1.82, 2.24) is 0 Å². The van der Waals surface area contributed by atoms with E-state index in [1.165, 1.54) is 0 Å². The zero-order chi connectivity index (χ0) is 2.71. The van der Waals surface area contributed by atoms with Crippen molar-refractivity contribution in [3.8, 4) is 0 Å². The van der Waals surface area contributed by atoms with Gasteiger partial charge in [0.2, 0.25) is 0 Å². The minimum Gasteiger partial charge on any atom is -1.00 e. The first kappa shape index (κ1) is 15.9. The number of rotatable bonds is 0. The van der Waals surface area contributed by atoms with Crippen molar-refractivity contribution in [2.75, 3.05) is 0 Å². The predicted octanol–water partition coefficient (Wildman–Crippen LogP) is -2.90. The summed E-state index contributed by atoms with van der Waals surface area (Å²) in [5, 5.41) is 9.00. The van der Waals surface area contributed by atoms with Gasteiger partial charge in [-0.3, -0.25) is 0 Å². The van der Waals surface area contributed by atoms with E-state index in [0.717, 1.165) is 5.34 Å². The monoisotopic (exact) mass is 111 g/mol. The summed E-state index contributed by atoms with van der Waals surface area (Å²) in [6.45, 7) is 0. The van der Waals surface area contributed by atoms with Crippen LogP contribution in [0.25, 0.3) is 0 Å². The molecule has 0 saturated heterocycles. The quantitative estimate of drug-likeness (QED) is 0.191. The fraction of sp³-hybridized carbons (Fsp3) is 0. The Balaban J connectivity index is -0.00000000333. The molecule has 0 unspecified atom stereocenters. The Morgan fingerprint density at radius 3 is 1.80 bits per heavy atom. The molecule has 0 amide bonds. The largest absolute Gasteiger partial charge is 2.00 e. The average Bonchev–Trinajstić information content (AvgIpc) is 0.918. The Labute approximate surface area is 84.3 Å². The second-order valence-electron chi connectivity index (χ2n) is 0.0745. The van der Waals surface area contributed by atoms with Crippen LogP contribution < -0.4 is 29.6 Å². The van der Waals surface area contributed by atoms with E-state index in [-0.39, 0.29) is 70.1 Å². The van der Waals surface area contributed by atoms with Gasteiger partial charge in [0.25, 0.3) is 0 Å². The average molecular weight is 111 g/mol. The molecule has 0 aliphatic rings. The smallest absolute Gasteiger partial charge is 1.00 e. The molecule has 0 radical (unpaired) electrons. The molecule has 0 fully saturated rings. The van der Waals surface area contributed by atoms with Gasteiger partial charge in [-0.2, -0.15) is 0 Å². The third-order valence-corrected chi connectivity index (χ3v) is 0. The van der Waals surface area contributed by atoms with Crippen LogP contribution >= 0.6 is 0 Å². The zero-order valence-corrected chi connectivity index (χ0v) is 7.18. The van der Waals surface area contributed by atoms with Gasteiger partial charge >= 0.3 is 67.3 Å². The van der Waals surface area contributed by atoms with Crippen LogP contribution in [0.15, 0.2) is 5.34 Å². The Morgan fingerprint density at radius 2 is 1.80 bits per heavy atom. The van der Waals surface area contributed by atoms with E-state index < -0.39 is 0 Å². The molecule has 22 valence electrons. The molecule has 3 nitrogen and oxygen atoms in total. The molecular weight excluding hydrogens is 109 g/mol. The molecule has 0 atom stereocenters. The van der Waals surface area contributed by atoms with E-state index >= 15 is 0 Å². The van der Waals surface area contributed by atoms with Gasteiger partial charge in [0, 0.05) is 0 Å². The maximum absolute atomic E-state index is 8.00. The van der Waals surface area contributed by atoms with Crippen LogP contribution in [0.1, 0.15) is 2.85 Å². The summed E-state index contributed by atoms with van der Waals surface area (Å²) in [5.74, 6) is 0. The minimum absolute atomic E-state index is 0. The van der Waals surface area contributed by atoms with E-state index in [4.69, 9.17) is 10.1 Å². The molecule has 0 aromatic rings. The molecule has 5 heavy (non-hydrogen) atoms. The standard InChI is InChI=1S/Ca.HNO2.Na.2H/c;2-1-3;;;/h;(H,2,3);;;/q+2;;+1;2*-1/p-1. The van der Waals surface area contributed by atoms with Gasteiger partial charge in [0.15, 0.2) is 0 Å². The van der Waals surface area contributed by atoms with Crippen LogP contribution in [0.4, 0.5) is 0 Å². The third kappa shape index (κ3) is 27.5. The molecule has 0 heterocycles. The van der Waals surface area contributed by atoms with Gasteiger partial charge in [-0.15, -0.1) is 5.34 Å². The Morgan fingerprint density at radius 1 is 1.80 bits per heavy atom. The van der Waals surface area contributed by atoms with Gasteiger partial charge in [0.05, 0.1) is 0 Å². The van der Waals surface area contributed by atoms with Gasteiger partial charge in [-0.25, -0.2) is 0 Å². The van der Waals surface area contributed by atoms with Crippen LogP contribution in [-0.2, 0) is 0 Å². The van der Waals surface area contributed by atoms with Crippen LogP contribution in [-0.4, -0.2) is 37.7 Å². The van der Waals surface area contributed by atoms with Gasteiger partial charge in [-0.1, -0.05) is 0 Å². The van der Waals surface area contributed by atoms with Crippen LogP contribution in [0.2, 0.25) is 0 Å². The number of nitrogens with zero attached hydrogens (tertiary/aromatic N) is 1. The molecular formula is H2CaNNaO2. The summed E-state index contributed by atoms with van der Waals surface area (Å²) in [6.07, 6.45) is 0. The first-order valence-corrected chi connectivity index (χ1v) is 0.365. The fourth-order valence-corrected chi connectivity index (χ4v) is 0. The summed E-state index contributed by atoms with van der Waals surface area (Å²) < 4.78 is 0. The second kappa shape index (κ2) is 17.4. The van der Waals surface area contributed by atoms with Crippen LogP contribution in [0.3, 0.4) is 0 Å². The van der Waals surface area contributed by atoms with Crippen LogP contribution in [0, 0.1) is 10.1 Å². The number of hydrogen-bond acceptors (Lipinski definition) is 3. The van der Waals surface area contributed by atoms with Crippen molar-refractivity contribution in [2.24, 2.45) is 5.34 Å². The Hall–Kier alpha value is 1.66. The maximum Gasteiger partial charge on any atom is 2.00 e. The Bertz CT molecular complexity index is 23.2. The summed E-state index contributed by atoms with van der Waals surface area (Å²) in [4.78, 5) is 8.00. The van der Waals surface area contributed by atoms with Crippen molar-refractivity contribution in [1.29, 1.82) is 0 Å². The summed E-state index contributed by atoms with van der Waals surface area (Å²) in [7, 11) is 0. The predicted molar refractivity (Wildman–Crippen MR) is 17.1 cm³/mol. The van der Waals surface area contributed by atoms with Crippen molar-refractivity contribution in [3.63, 3.8) is 0 Å². The van der Waals surface area contributed by atoms with E-state index in [2.05, 4.69) is 0 Å². The molecule has 0 aliphatic carbocycles. The molecule has 0 N–H and O–H groups in total. The van der Waals surface area contributed by atoms with Crippen molar-refractivity contribution >= 4 is 37.7 Å². The van der Waals surface area contributed by atoms with Crippen molar-refractivity contribution in [3.05, 3.63) is 10.1 Å². The van der Waals surface area contributed by atoms with Gasteiger partial charge in [0.1, 0.15) is 0 Å². The topological polar surface area (TPSA) is 52.5 Å². The zero-order valence-electron chi connectivity index (χ0n) is 4.97. The molecule has 0 saturated carbocycles. The van der Waals surface area contributed by atoms with Crippen molar-refractivity contribution < 1.29 is 32.4 Å². The minimum atomic E-state index is 0. The first-order chi connectivity index (χ1) is 1.41. The van der Waals surface area contributed by atoms with E-state index in [9.17, 15) is 0 Å². The Kier molecular flexibility index (Phi) is 55.3. The molecule has 0 spiro atoms. The normalized spacial score (nSPS) is 2.40. The molecule has 0 rings (SSSR count). The second-order valence-corrected chi connectivity index (χ2v) is 0.0745.